The van der Waals surface area contributed by atoms with Crippen molar-refractivity contribution in [3.05, 3.63) is 47.0 Å². The normalized spacial score (nSPS) is 10.5. The van der Waals surface area contributed by atoms with E-state index in [0.29, 0.717) is 0 Å². The van der Waals surface area contributed by atoms with E-state index in [0.717, 1.165) is 23.5 Å². The summed E-state index contributed by atoms with van der Waals surface area (Å²) in [4.78, 5) is 10.8. The van der Waals surface area contributed by atoms with Gasteiger partial charge >= 0.3 is 5.97 Å². The molecule has 0 unspecified atom stereocenters. The maximum absolute atomic E-state index is 13.2. The van der Waals surface area contributed by atoms with Crippen LogP contribution in [0.2, 0.25) is 0 Å². The van der Waals surface area contributed by atoms with Crippen molar-refractivity contribution in [2.45, 2.75) is 13.5 Å². The number of aryl methyl sites for hydroxylation is 2. The Hall–Kier alpha value is -2.37. The minimum absolute atomic E-state index is 0.142. The van der Waals surface area contributed by atoms with Crippen LogP contribution in [0.5, 0.6) is 5.75 Å². The van der Waals surface area contributed by atoms with Gasteiger partial charge in [-0.05, 0) is 25.1 Å². The predicted molar refractivity (Wildman–Crippen MR) is 65.6 cm³/mol. The number of benzene rings is 1. The smallest absolute Gasteiger partial charge is 0.335 e. The van der Waals surface area contributed by atoms with Crippen LogP contribution >= 0.6 is 0 Å². The highest BCUT2D eigenvalue weighted by atomic mass is 19.1. The van der Waals surface area contributed by atoms with Crippen molar-refractivity contribution in [2.75, 3.05) is 0 Å². The molecule has 1 N–H and O–H groups in total. The summed E-state index contributed by atoms with van der Waals surface area (Å²) >= 11 is 0. The van der Waals surface area contributed by atoms with Crippen LogP contribution in [-0.4, -0.2) is 20.9 Å². The molecule has 1 heterocycles. The summed E-state index contributed by atoms with van der Waals surface area (Å²) in [5.74, 6) is -1.66. The SMILES string of the molecule is Cc1cc(COc2cc(F)cc(C(=O)O)c2)n(C)n1. The average molecular weight is 264 g/mol. The third-order valence-electron chi connectivity index (χ3n) is 2.60. The van der Waals surface area contributed by atoms with Crippen molar-refractivity contribution < 1.29 is 19.0 Å². The molecule has 0 spiro atoms. The molecular formula is C13H13FN2O3. The van der Waals surface area contributed by atoms with E-state index < -0.39 is 11.8 Å². The molecule has 0 radical (unpaired) electrons. The topological polar surface area (TPSA) is 64.3 Å². The van der Waals surface area contributed by atoms with E-state index in [-0.39, 0.29) is 17.9 Å². The maximum atomic E-state index is 13.2. The van der Waals surface area contributed by atoms with Crippen LogP contribution in [0, 0.1) is 12.7 Å². The fourth-order valence-electron chi connectivity index (χ4n) is 1.73. The van der Waals surface area contributed by atoms with Crippen LogP contribution in [0.4, 0.5) is 4.39 Å². The zero-order chi connectivity index (χ0) is 14.0. The number of nitrogens with zero attached hydrogens (tertiary/aromatic N) is 2. The standard InChI is InChI=1S/C13H13FN2O3/c1-8-3-11(16(2)15-8)7-19-12-5-9(13(17)18)4-10(14)6-12/h3-6H,7H2,1-2H3,(H,17,18). The van der Waals surface area contributed by atoms with Crippen LogP contribution in [0.3, 0.4) is 0 Å². The third-order valence-corrected chi connectivity index (χ3v) is 2.60. The van der Waals surface area contributed by atoms with E-state index in [2.05, 4.69) is 5.10 Å². The first-order valence-electron chi connectivity index (χ1n) is 5.62. The van der Waals surface area contributed by atoms with Gasteiger partial charge < -0.3 is 9.84 Å². The van der Waals surface area contributed by atoms with Gasteiger partial charge in [0, 0.05) is 13.1 Å². The molecule has 1 aromatic carbocycles. The summed E-state index contributed by atoms with van der Waals surface area (Å²) in [5.41, 5.74) is 1.53. The summed E-state index contributed by atoms with van der Waals surface area (Å²) in [7, 11) is 1.78. The first-order chi connectivity index (χ1) is 8.95. The van der Waals surface area contributed by atoms with Gasteiger partial charge in [-0.2, -0.15) is 5.10 Å². The Kier molecular flexibility index (Phi) is 3.50. The lowest BCUT2D eigenvalue weighted by Gasteiger charge is -2.07. The minimum Gasteiger partial charge on any atom is -0.487 e. The van der Waals surface area contributed by atoms with E-state index in [9.17, 15) is 9.18 Å². The number of carboxylic acids is 1. The number of carboxylic acid groups (broad SMARTS) is 1. The van der Waals surface area contributed by atoms with E-state index in [1.807, 2.05) is 13.0 Å². The Labute approximate surface area is 109 Å². The summed E-state index contributed by atoms with van der Waals surface area (Å²) in [6.45, 7) is 2.05. The quantitative estimate of drug-likeness (QED) is 0.919. The summed E-state index contributed by atoms with van der Waals surface area (Å²) in [5, 5.41) is 13.0. The summed E-state index contributed by atoms with van der Waals surface area (Å²) in [6.07, 6.45) is 0. The molecule has 5 nitrogen and oxygen atoms in total. The van der Waals surface area contributed by atoms with Crippen LogP contribution < -0.4 is 4.74 Å². The van der Waals surface area contributed by atoms with Gasteiger partial charge in [0.05, 0.1) is 17.0 Å². The van der Waals surface area contributed by atoms with Crippen LogP contribution in [-0.2, 0) is 13.7 Å². The lowest BCUT2D eigenvalue weighted by atomic mass is 10.2. The molecule has 0 saturated heterocycles. The zero-order valence-electron chi connectivity index (χ0n) is 10.6. The van der Waals surface area contributed by atoms with Gasteiger partial charge in [0.1, 0.15) is 18.2 Å². The number of hydrogen-bond donors (Lipinski definition) is 1. The molecule has 0 saturated carbocycles. The second-order valence-electron chi connectivity index (χ2n) is 4.17. The van der Waals surface area contributed by atoms with Gasteiger partial charge in [-0.15, -0.1) is 0 Å². The first kappa shape index (κ1) is 13.1. The van der Waals surface area contributed by atoms with E-state index in [1.165, 1.54) is 6.07 Å². The van der Waals surface area contributed by atoms with Gasteiger partial charge in [-0.1, -0.05) is 0 Å². The highest BCUT2D eigenvalue weighted by Gasteiger charge is 2.09. The number of hydrogen-bond acceptors (Lipinski definition) is 3. The molecule has 0 amide bonds. The highest BCUT2D eigenvalue weighted by molar-refractivity contribution is 5.88. The van der Waals surface area contributed by atoms with Crippen molar-refractivity contribution in [1.29, 1.82) is 0 Å². The third kappa shape index (κ3) is 3.09. The number of halogens is 1. The molecule has 1 aromatic heterocycles. The minimum atomic E-state index is -1.19. The monoisotopic (exact) mass is 264 g/mol. The van der Waals surface area contributed by atoms with Crippen molar-refractivity contribution in [3.63, 3.8) is 0 Å². The van der Waals surface area contributed by atoms with Crippen molar-refractivity contribution >= 4 is 5.97 Å². The Morgan fingerprint density at radius 3 is 2.74 bits per heavy atom. The van der Waals surface area contributed by atoms with Gasteiger partial charge in [-0.3, -0.25) is 4.68 Å². The largest absolute Gasteiger partial charge is 0.487 e. The molecule has 0 bridgehead atoms. The number of aromatic nitrogens is 2. The fraction of sp³-hybridized carbons (Fsp3) is 0.231. The van der Waals surface area contributed by atoms with Crippen molar-refractivity contribution in [1.82, 2.24) is 9.78 Å². The molecule has 19 heavy (non-hydrogen) atoms. The molecule has 0 aliphatic rings. The van der Waals surface area contributed by atoms with Crippen molar-refractivity contribution in [2.24, 2.45) is 7.05 Å². The number of carbonyl (C=O) groups is 1. The lowest BCUT2D eigenvalue weighted by Crippen LogP contribution is -2.04. The second-order valence-corrected chi connectivity index (χ2v) is 4.17. The van der Waals surface area contributed by atoms with Crippen molar-refractivity contribution in [3.8, 4) is 5.75 Å². The van der Waals surface area contributed by atoms with Crippen LogP contribution in [0.1, 0.15) is 21.7 Å². The number of rotatable bonds is 4. The average Bonchev–Trinajstić information content (AvgIpc) is 2.64. The molecule has 0 atom stereocenters. The fourth-order valence-corrected chi connectivity index (χ4v) is 1.73. The molecule has 100 valence electrons. The molecule has 6 heteroatoms. The van der Waals surface area contributed by atoms with E-state index >= 15 is 0 Å². The van der Waals surface area contributed by atoms with Crippen LogP contribution in [0.15, 0.2) is 24.3 Å². The molecule has 2 rings (SSSR count). The summed E-state index contributed by atoms with van der Waals surface area (Å²) in [6, 6.07) is 5.23. The van der Waals surface area contributed by atoms with Crippen LogP contribution in [0.25, 0.3) is 0 Å². The Balaban J connectivity index is 2.15. The lowest BCUT2D eigenvalue weighted by molar-refractivity contribution is 0.0695. The van der Waals surface area contributed by atoms with Gasteiger partial charge in [0.2, 0.25) is 0 Å². The number of ether oxygens (including phenoxy) is 1. The maximum Gasteiger partial charge on any atom is 0.335 e. The Bertz CT molecular complexity index is 622. The Morgan fingerprint density at radius 1 is 1.42 bits per heavy atom. The zero-order valence-corrected chi connectivity index (χ0v) is 10.6. The molecular weight excluding hydrogens is 251 g/mol. The highest BCUT2D eigenvalue weighted by Crippen LogP contribution is 2.18. The van der Waals surface area contributed by atoms with Gasteiger partial charge in [-0.25, -0.2) is 9.18 Å². The molecule has 2 aromatic rings. The van der Waals surface area contributed by atoms with E-state index in [4.69, 9.17) is 9.84 Å². The molecule has 0 aliphatic carbocycles. The molecule has 0 aliphatic heterocycles. The van der Waals surface area contributed by atoms with Gasteiger partial charge in [0.15, 0.2) is 0 Å². The second kappa shape index (κ2) is 5.09. The first-order valence-corrected chi connectivity index (χ1v) is 5.62. The van der Waals surface area contributed by atoms with E-state index in [1.54, 1.807) is 11.7 Å². The molecule has 0 fully saturated rings. The predicted octanol–water partition coefficient (Wildman–Crippen LogP) is 2.14. The Morgan fingerprint density at radius 2 is 2.16 bits per heavy atom. The van der Waals surface area contributed by atoms with Gasteiger partial charge in [0.25, 0.3) is 0 Å². The number of aromatic carboxylic acids is 1. The summed E-state index contributed by atoms with van der Waals surface area (Å²) < 4.78 is 20.3.